The molecule has 2 heterocycles. The molecule has 0 saturated carbocycles. The number of nitrogens with zero attached hydrogens (tertiary/aromatic N) is 1. The third-order valence-electron chi connectivity index (χ3n) is 4.85. The Morgan fingerprint density at radius 1 is 1.19 bits per heavy atom. The van der Waals surface area contributed by atoms with Crippen LogP contribution in [0.4, 0.5) is 4.79 Å². The Hall–Kier alpha value is -2.30. The van der Waals surface area contributed by atoms with Crippen molar-refractivity contribution in [3.63, 3.8) is 0 Å². The normalized spacial score (nSPS) is 24.7. The fourth-order valence-corrected chi connectivity index (χ4v) is 5.07. The molecular weight excluding hydrogens is 430 g/mol. The predicted molar refractivity (Wildman–Crippen MR) is 109 cm³/mol. The van der Waals surface area contributed by atoms with Gasteiger partial charge in [0.1, 0.15) is 12.6 Å². The van der Waals surface area contributed by atoms with Crippen LogP contribution in [0.25, 0.3) is 0 Å². The molecule has 2 saturated heterocycles. The topological polar surface area (TPSA) is 126 Å². The number of rotatable bonds is 9. The third kappa shape index (κ3) is 6.34. The van der Waals surface area contributed by atoms with Crippen LogP contribution in [0.15, 0.2) is 0 Å². The molecule has 0 aromatic heterocycles. The molecule has 0 aliphatic carbocycles. The number of fused-ring (bicyclic) bond motifs is 1. The molecule has 2 rings (SSSR count). The average Bonchev–Trinajstić information content (AvgIpc) is 2.87. The van der Waals surface area contributed by atoms with Gasteiger partial charge in [0.05, 0.1) is 16.5 Å². The number of carbonyl (C=O) groups is 5. The maximum Gasteiger partial charge on any atom is 0.519 e. The number of unbranched alkanes of at least 4 members (excludes halogenated alkanes) is 2. The third-order valence-corrected chi connectivity index (χ3v) is 6.40. The molecule has 31 heavy (non-hydrogen) atoms. The van der Waals surface area contributed by atoms with Crippen LogP contribution in [-0.4, -0.2) is 63.4 Å². The number of hydrogen-bond donors (Lipinski definition) is 0. The van der Waals surface area contributed by atoms with E-state index >= 15 is 0 Å². The van der Waals surface area contributed by atoms with Gasteiger partial charge in [0, 0.05) is 27.2 Å². The van der Waals surface area contributed by atoms with E-state index in [2.05, 4.69) is 4.74 Å². The zero-order chi connectivity index (χ0) is 23.4. The minimum absolute atomic E-state index is 0.0788. The van der Waals surface area contributed by atoms with Crippen LogP contribution in [0.3, 0.4) is 0 Å². The van der Waals surface area contributed by atoms with Gasteiger partial charge in [-0.25, -0.2) is 9.59 Å². The highest BCUT2D eigenvalue weighted by Crippen LogP contribution is 2.51. The van der Waals surface area contributed by atoms with Crippen LogP contribution in [0.2, 0.25) is 0 Å². The van der Waals surface area contributed by atoms with Crippen LogP contribution in [0, 0.1) is 0 Å². The number of thioether (sulfide) groups is 1. The molecule has 0 aromatic carbocycles. The highest BCUT2D eigenvalue weighted by Gasteiger charge is 2.62. The Morgan fingerprint density at radius 2 is 1.87 bits per heavy atom. The Kier molecular flexibility index (Phi) is 7.96. The standard InChI is InChI=1S/C20H29NO9S/c1-6-7-8-9-15(24)28-18(26)30-19(3,4)29-17(25)16-20(5,11-27-12(2)22)31-14-10-13(23)21(14)16/h14,16H,6-11H2,1-5H3/t14-,16+,20+/m1/s1. The highest BCUT2D eigenvalue weighted by atomic mass is 32.2. The summed E-state index contributed by atoms with van der Waals surface area (Å²) in [5, 5.41) is -0.222. The van der Waals surface area contributed by atoms with Crippen molar-refractivity contribution in [2.75, 3.05) is 6.61 Å². The van der Waals surface area contributed by atoms with Crippen molar-refractivity contribution in [1.82, 2.24) is 4.90 Å². The first-order valence-corrected chi connectivity index (χ1v) is 11.1. The average molecular weight is 460 g/mol. The van der Waals surface area contributed by atoms with Gasteiger partial charge in [-0.05, 0) is 13.3 Å². The summed E-state index contributed by atoms with van der Waals surface area (Å²) in [6.07, 6.45) is 1.41. The minimum atomic E-state index is -1.75. The molecule has 174 valence electrons. The fraction of sp³-hybridized carbons (Fsp3) is 0.750. The monoisotopic (exact) mass is 459 g/mol. The zero-order valence-electron chi connectivity index (χ0n) is 18.4. The highest BCUT2D eigenvalue weighted by molar-refractivity contribution is 8.01. The van der Waals surface area contributed by atoms with Gasteiger partial charge in [-0.15, -0.1) is 11.8 Å². The molecule has 2 fully saturated rings. The van der Waals surface area contributed by atoms with Gasteiger partial charge in [0.2, 0.25) is 5.91 Å². The Bertz CT molecular complexity index is 753. The lowest BCUT2D eigenvalue weighted by atomic mass is 9.97. The van der Waals surface area contributed by atoms with E-state index in [1.807, 2.05) is 6.92 Å². The number of β-lactam (4-membered cyclic amide) rings is 1. The summed E-state index contributed by atoms with van der Waals surface area (Å²) in [4.78, 5) is 61.3. The Morgan fingerprint density at radius 3 is 2.45 bits per heavy atom. The van der Waals surface area contributed by atoms with E-state index in [4.69, 9.17) is 14.2 Å². The van der Waals surface area contributed by atoms with E-state index in [0.717, 1.165) is 12.8 Å². The van der Waals surface area contributed by atoms with E-state index in [-0.39, 0.29) is 30.7 Å². The summed E-state index contributed by atoms with van der Waals surface area (Å²) in [5.41, 5.74) is 0. The van der Waals surface area contributed by atoms with E-state index in [0.29, 0.717) is 6.42 Å². The van der Waals surface area contributed by atoms with E-state index < -0.39 is 40.6 Å². The molecule has 2 aliphatic rings. The largest absolute Gasteiger partial charge is 0.519 e. The molecule has 10 nitrogen and oxygen atoms in total. The zero-order valence-corrected chi connectivity index (χ0v) is 19.2. The van der Waals surface area contributed by atoms with Gasteiger partial charge in [-0.3, -0.25) is 14.4 Å². The van der Waals surface area contributed by atoms with Crippen molar-refractivity contribution >= 4 is 41.7 Å². The Labute approximate surface area is 185 Å². The Balaban J connectivity index is 2.00. The van der Waals surface area contributed by atoms with Crippen LogP contribution in [0.5, 0.6) is 0 Å². The van der Waals surface area contributed by atoms with Crippen molar-refractivity contribution in [1.29, 1.82) is 0 Å². The number of ether oxygens (including phenoxy) is 4. The van der Waals surface area contributed by atoms with Gasteiger partial charge < -0.3 is 23.8 Å². The van der Waals surface area contributed by atoms with Crippen molar-refractivity contribution in [3.8, 4) is 0 Å². The maximum atomic E-state index is 13.0. The molecule has 0 unspecified atom stereocenters. The van der Waals surface area contributed by atoms with E-state index in [1.54, 1.807) is 6.92 Å². The van der Waals surface area contributed by atoms with Crippen LogP contribution < -0.4 is 0 Å². The van der Waals surface area contributed by atoms with Crippen molar-refractivity contribution in [2.24, 2.45) is 0 Å². The smallest absolute Gasteiger partial charge is 0.464 e. The second-order valence-electron chi connectivity index (χ2n) is 8.18. The molecule has 0 N–H and O–H groups in total. The van der Waals surface area contributed by atoms with Gasteiger partial charge in [-0.2, -0.15) is 0 Å². The summed E-state index contributed by atoms with van der Waals surface area (Å²) in [5.74, 6) is -4.02. The second-order valence-corrected chi connectivity index (χ2v) is 9.89. The maximum absolute atomic E-state index is 13.0. The van der Waals surface area contributed by atoms with Crippen molar-refractivity contribution < 1.29 is 42.9 Å². The molecule has 0 radical (unpaired) electrons. The quantitative estimate of drug-likeness (QED) is 0.127. The van der Waals surface area contributed by atoms with E-state index in [1.165, 1.54) is 37.4 Å². The van der Waals surface area contributed by atoms with Gasteiger partial charge in [-0.1, -0.05) is 19.8 Å². The molecule has 1 amide bonds. The minimum Gasteiger partial charge on any atom is -0.464 e. The molecule has 3 atom stereocenters. The van der Waals surface area contributed by atoms with Crippen molar-refractivity contribution in [3.05, 3.63) is 0 Å². The number of amides is 1. The summed E-state index contributed by atoms with van der Waals surface area (Å²) < 4.78 is 19.1. The van der Waals surface area contributed by atoms with Gasteiger partial charge in [0.15, 0.2) is 0 Å². The van der Waals surface area contributed by atoms with Crippen LogP contribution >= 0.6 is 11.8 Å². The van der Waals surface area contributed by atoms with Gasteiger partial charge in [0.25, 0.3) is 5.79 Å². The lowest BCUT2D eigenvalue weighted by Gasteiger charge is -2.38. The summed E-state index contributed by atoms with van der Waals surface area (Å²) in [7, 11) is 0. The van der Waals surface area contributed by atoms with Crippen molar-refractivity contribution in [2.45, 2.75) is 88.7 Å². The molecular formula is C20H29NO9S. The number of esters is 3. The summed E-state index contributed by atoms with van der Waals surface area (Å²) in [6.45, 7) is 7.47. The number of carbonyl (C=O) groups excluding carboxylic acids is 5. The van der Waals surface area contributed by atoms with Crippen LogP contribution in [0.1, 0.15) is 66.7 Å². The summed E-state index contributed by atoms with van der Waals surface area (Å²) >= 11 is 1.35. The first kappa shape index (κ1) is 25.0. The SMILES string of the molecule is CCCCCC(=O)OC(=O)OC(C)(C)OC(=O)[C@@H]1N2C(=O)C[C@H]2S[C@@]1(C)COC(C)=O. The fourth-order valence-electron chi connectivity index (χ4n) is 3.40. The molecule has 0 aromatic rings. The van der Waals surface area contributed by atoms with Gasteiger partial charge >= 0.3 is 24.1 Å². The first-order valence-electron chi connectivity index (χ1n) is 10.2. The molecule has 2 aliphatic heterocycles. The predicted octanol–water partition coefficient (Wildman–Crippen LogP) is 2.52. The lowest BCUT2D eigenvalue weighted by Crippen LogP contribution is -2.59. The van der Waals surface area contributed by atoms with Crippen LogP contribution in [-0.2, 0) is 38.1 Å². The molecule has 0 spiro atoms. The number of hydrogen-bond acceptors (Lipinski definition) is 10. The second kappa shape index (κ2) is 9.88. The lowest BCUT2D eigenvalue weighted by molar-refractivity contribution is -0.208. The molecule has 0 bridgehead atoms. The van der Waals surface area contributed by atoms with E-state index in [9.17, 15) is 24.0 Å². The summed E-state index contributed by atoms with van der Waals surface area (Å²) in [6, 6.07) is -1.03. The first-order chi connectivity index (χ1) is 14.4. The molecule has 11 heteroatoms.